The maximum Gasteiger partial charge on any atom is 0.161 e. The molecule has 1 N–H and O–H groups in total. The average Bonchev–Trinajstić information content (AvgIpc) is 2.56. The summed E-state index contributed by atoms with van der Waals surface area (Å²) in [6.07, 6.45) is 0. The van der Waals surface area contributed by atoms with Gasteiger partial charge in [-0.15, -0.1) is 0 Å². The van der Waals surface area contributed by atoms with Crippen LogP contribution in [0, 0.1) is 0 Å². The van der Waals surface area contributed by atoms with Gasteiger partial charge in [0, 0.05) is 10.2 Å². The fraction of sp³-hybridized carbons (Fsp3) is 0.300. The van der Waals surface area contributed by atoms with Crippen molar-refractivity contribution in [2.24, 2.45) is 4.99 Å². The van der Waals surface area contributed by atoms with Crippen molar-refractivity contribution in [3.05, 3.63) is 28.7 Å². The minimum Gasteiger partial charge on any atom is -0.334 e. The van der Waals surface area contributed by atoms with Crippen molar-refractivity contribution in [1.82, 2.24) is 0 Å². The van der Waals surface area contributed by atoms with Crippen LogP contribution < -0.4 is 5.32 Å². The summed E-state index contributed by atoms with van der Waals surface area (Å²) in [6, 6.07) is 8.50. The lowest BCUT2D eigenvalue weighted by Crippen LogP contribution is -2.05. The van der Waals surface area contributed by atoms with E-state index in [1.807, 2.05) is 24.3 Å². The molecular formula is C10H11BrN2S. The van der Waals surface area contributed by atoms with Gasteiger partial charge in [0.05, 0.1) is 11.7 Å². The molecule has 14 heavy (non-hydrogen) atoms. The van der Waals surface area contributed by atoms with E-state index in [9.17, 15) is 0 Å². The Bertz CT molecular complexity index is 365. The molecule has 1 heterocycles. The maximum atomic E-state index is 4.47. The number of hydrogen-bond donors (Lipinski definition) is 1. The third-order valence-electron chi connectivity index (χ3n) is 1.91. The van der Waals surface area contributed by atoms with Crippen LogP contribution in [0.4, 0.5) is 5.69 Å². The van der Waals surface area contributed by atoms with E-state index in [1.54, 1.807) is 11.8 Å². The van der Waals surface area contributed by atoms with Crippen molar-refractivity contribution < 1.29 is 0 Å². The number of benzene rings is 1. The van der Waals surface area contributed by atoms with E-state index in [4.69, 9.17) is 0 Å². The van der Waals surface area contributed by atoms with Crippen molar-refractivity contribution in [3.8, 4) is 0 Å². The summed E-state index contributed by atoms with van der Waals surface area (Å²) < 4.78 is 1.07. The first kappa shape index (κ1) is 10.1. The van der Waals surface area contributed by atoms with Gasteiger partial charge in [-0.05, 0) is 35.0 Å². The van der Waals surface area contributed by atoms with Crippen molar-refractivity contribution >= 4 is 38.5 Å². The number of aliphatic imine (C=N–C) groups is 1. The molecule has 1 aliphatic heterocycles. The Kier molecular flexibility index (Phi) is 3.13. The first-order chi connectivity index (χ1) is 6.75. The first-order valence-corrected chi connectivity index (χ1v) is 6.26. The Labute approximate surface area is 96.3 Å². The molecule has 1 aromatic rings. The molecule has 74 valence electrons. The fourth-order valence-electron chi connectivity index (χ4n) is 1.22. The zero-order chi connectivity index (χ0) is 9.97. The lowest BCUT2D eigenvalue weighted by Gasteiger charge is -2.06. The summed E-state index contributed by atoms with van der Waals surface area (Å²) in [5.41, 5.74) is 1.08. The molecule has 1 aliphatic rings. The van der Waals surface area contributed by atoms with E-state index in [2.05, 4.69) is 33.2 Å². The molecule has 0 saturated heterocycles. The molecule has 4 heteroatoms. The van der Waals surface area contributed by atoms with E-state index in [1.165, 1.54) is 0 Å². The van der Waals surface area contributed by atoms with Crippen LogP contribution in [0.25, 0.3) is 0 Å². The lowest BCUT2D eigenvalue weighted by molar-refractivity contribution is 0.865. The van der Waals surface area contributed by atoms with E-state index < -0.39 is 0 Å². The normalized spacial score (nSPS) is 20.7. The number of halogens is 1. The molecule has 1 atom stereocenters. The molecule has 2 nitrogen and oxygen atoms in total. The standard InChI is InChI=1S/C10H11BrN2S/c1-7-6-14-10(12-7)13-9-5-3-2-4-8(9)11/h2-5,7H,6H2,1H3,(H,12,13). The van der Waals surface area contributed by atoms with Crippen LogP contribution in [-0.2, 0) is 0 Å². The zero-order valence-corrected chi connectivity index (χ0v) is 10.2. The summed E-state index contributed by atoms with van der Waals surface area (Å²) in [5, 5.41) is 4.32. The number of amidine groups is 1. The number of nitrogens with zero attached hydrogens (tertiary/aromatic N) is 1. The van der Waals surface area contributed by atoms with E-state index >= 15 is 0 Å². The van der Waals surface area contributed by atoms with Gasteiger partial charge in [-0.3, -0.25) is 4.99 Å². The van der Waals surface area contributed by atoms with Gasteiger partial charge >= 0.3 is 0 Å². The highest BCUT2D eigenvalue weighted by atomic mass is 79.9. The molecule has 1 unspecified atom stereocenters. The Morgan fingerprint density at radius 2 is 2.29 bits per heavy atom. The van der Waals surface area contributed by atoms with Crippen LogP contribution in [0.1, 0.15) is 6.92 Å². The SMILES string of the molecule is CC1CSC(Nc2ccccc2Br)=N1. The molecule has 2 rings (SSSR count). The van der Waals surface area contributed by atoms with E-state index in [0.29, 0.717) is 6.04 Å². The van der Waals surface area contributed by atoms with Gasteiger partial charge in [0.1, 0.15) is 0 Å². The number of thioether (sulfide) groups is 1. The summed E-state index contributed by atoms with van der Waals surface area (Å²) in [5.74, 6) is 1.08. The minimum atomic E-state index is 0.435. The van der Waals surface area contributed by atoms with Crippen LogP contribution in [0.5, 0.6) is 0 Å². The number of hydrogen-bond acceptors (Lipinski definition) is 3. The second-order valence-corrected chi connectivity index (χ2v) is 5.06. The highest BCUT2D eigenvalue weighted by Crippen LogP contribution is 2.25. The Morgan fingerprint density at radius 1 is 1.50 bits per heavy atom. The summed E-state index contributed by atoms with van der Waals surface area (Å²) in [6.45, 7) is 2.13. The second-order valence-electron chi connectivity index (χ2n) is 3.20. The van der Waals surface area contributed by atoms with Crippen LogP contribution >= 0.6 is 27.7 Å². The van der Waals surface area contributed by atoms with Crippen LogP contribution in [-0.4, -0.2) is 17.0 Å². The molecule has 0 fully saturated rings. The Morgan fingerprint density at radius 3 is 2.93 bits per heavy atom. The zero-order valence-electron chi connectivity index (χ0n) is 7.83. The van der Waals surface area contributed by atoms with Crippen molar-refractivity contribution in [3.63, 3.8) is 0 Å². The third kappa shape index (κ3) is 2.30. The van der Waals surface area contributed by atoms with Gasteiger partial charge in [0.2, 0.25) is 0 Å². The number of anilines is 1. The minimum absolute atomic E-state index is 0.435. The van der Waals surface area contributed by atoms with Crippen LogP contribution in [0.15, 0.2) is 33.7 Å². The highest BCUT2D eigenvalue weighted by Gasteiger charge is 2.14. The third-order valence-corrected chi connectivity index (χ3v) is 3.74. The molecule has 0 saturated carbocycles. The number of para-hydroxylation sites is 1. The largest absolute Gasteiger partial charge is 0.334 e. The van der Waals surface area contributed by atoms with Gasteiger partial charge in [-0.1, -0.05) is 23.9 Å². The lowest BCUT2D eigenvalue weighted by atomic mass is 10.3. The van der Waals surface area contributed by atoms with Gasteiger partial charge in [-0.2, -0.15) is 0 Å². The Hall–Kier alpha value is -0.480. The molecular weight excluding hydrogens is 260 g/mol. The molecule has 0 radical (unpaired) electrons. The topological polar surface area (TPSA) is 24.4 Å². The molecule has 0 aromatic heterocycles. The summed E-state index contributed by atoms with van der Waals surface area (Å²) in [7, 11) is 0. The fourth-order valence-corrected chi connectivity index (χ4v) is 2.51. The van der Waals surface area contributed by atoms with Crippen molar-refractivity contribution in [2.75, 3.05) is 11.1 Å². The quantitative estimate of drug-likeness (QED) is 0.847. The summed E-state index contributed by atoms with van der Waals surface area (Å²) in [4.78, 5) is 4.47. The average molecular weight is 271 g/mol. The number of nitrogens with one attached hydrogen (secondary N) is 1. The smallest absolute Gasteiger partial charge is 0.161 e. The van der Waals surface area contributed by atoms with Crippen molar-refractivity contribution in [1.29, 1.82) is 0 Å². The Balaban J connectivity index is 2.12. The predicted octanol–water partition coefficient (Wildman–Crippen LogP) is 3.35. The van der Waals surface area contributed by atoms with Gasteiger partial charge < -0.3 is 5.32 Å². The van der Waals surface area contributed by atoms with Crippen molar-refractivity contribution in [2.45, 2.75) is 13.0 Å². The van der Waals surface area contributed by atoms with Gasteiger partial charge in [0.25, 0.3) is 0 Å². The molecule has 0 spiro atoms. The highest BCUT2D eigenvalue weighted by molar-refractivity contribution is 9.10. The van der Waals surface area contributed by atoms with Crippen LogP contribution in [0.3, 0.4) is 0 Å². The van der Waals surface area contributed by atoms with E-state index in [0.717, 1.165) is 21.1 Å². The molecule has 0 bridgehead atoms. The molecule has 0 amide bonds. The van der Waals surface area contributed by atoms with Crippen LogP contribution in [0.2, 0.25) is 0 Å². The van der Waals surface area contributed by atoms with E-state index in [-0.39, 0.29) is 0 Å². The molecule has 1 aromatic carbocycles. The number of rotatable bonds is 1. The van der Waals surface area contributed by atoms with Gasteiger partial charge in [-0.25, -0.2) is 0 Å². The monoisotopic (exact) mass is 270 g/mol. The predicted molar refractivity (Wildman–Crippen MR) is 67.1 cm³/mol. The summed E-state index contributed by atoms with van der Waals surface area (Å²) >= 11 is 5.26. The second kappa shape index (κ2) is 4.36. The van der Waals surface area contributed by atoms with Gasteiger partial charge in [0.15, 0.2) is 5.17 Å². The molecule has 0 aliphatic carbocycles. The maximum absolute atomic E-state index is 4.47. The first-order valence-electron chi connectivity index (χ1n) is 4.48.